The van der Waals surface area contributed by atoms with Crippen LogP contribution in [0.1, 0.15) is 33.6 Å². The molecule has 1 heterocycles. The summed E-state index contributed by atoms with van der Waals surface area (Å²) in [6, 6.07) is 0.786. The minimum Gasteiger partial charge on any atom is -0.333 e. The van der Waals surface area contributed by atoms with E-state index in [1.54, 1.807) is 0 Å². The Balaban J connectivity index is 2.06. The van der Waals surface area contributed by atoms with E-state index in [1.165, 1.54) is 12.8 Å². The van der Waals surface area contributed by atoms with Gasteiger partial charge in [0.15, 0.2) is 0 Å². The molecule has 78 valence electrons. The van der Waals surface area contributed by atoms with Gasteiger partial charge in [-0.2, -0.15) is 0 Å². The van der Waals surface area contributed by atoms with Crippen LogP contribution in [0, 0.1) is 16.7 Å². The molecule has 2 amide bonds. The van der Waals surface area contributed by atoms with Crippen molar-refractivity contribution < 1.29 is 4.79 Å². The molecule has 14 heavy (non-hydrogen) atoms. The fourth-order valence-corrected chi connectivity index (χ4v) is 4.14. The second kappa shape index (κ2) is 2.10. The molecule has 2 N–H and O–H groups in total. The number of carbonyl (C=O) groups excluding carboxylic acids is 1. The summed E-state index contributed by atoms with van der Waals surface area (Å²) in [6.07, 6.45) is 2.53. The molecule has 2 bridgehead atoms. The Morgan fingerprint density at radius 1 is 1.29 bits per heavy atom. The van der Waals surface area contributed by atoms with Crippen molar-refractivity contribution in [1.82, 2.24) is 10.6 Å². The topological polar surface area (TPSA) is 41.1 Å². The Morgan fingerprint density at radius 3 is 2.64 bits per heavy atom. The van der Waals surface area contributed by atoms with Crippen molar-refractivity contribution in [1.29, 1.82) is 0 Å². The molecule has 0 aromatic rings. The van der Waals surface area contributed by atoms with E-state index in [0.29, 0.717) is 28.8 Å². The highest BCUT2D eigenvalue weighted by molar-refractivity contribution is 5.78. The standard InChI is InChI=1S/C11H18N2O/c1-10(2)6-4-5-11(10,3)8-7(6)12-9(14)13-8/h6-8H,4-5H2,1-3H3,(H2,12,13,14)/t6-,7-,8-,11-/m0/s1. The molecule has 0 unspecified atom stereocenters. The first-order chi connectivity index (χ1) is 6.47. The number of carbonyl (C=O) groups is 1. The molecule has 0 radical (unpaired) electrons. The van der Waals surface area contributed by atoms with Crippen LogP contribution in [0.5, 0.6) is 0 Å². The predicted octanol–water partition coefficient (Wildman–Crippen LogP) is 1.49. The van der Waals surface area contributed by atoms with Crippen LogP contribution in [0.3, 0.4) is 0 Å². The van der Waals surface area contributed by atoms with Crippen LogP contribution in [0.2, 0.25) is 0 Å². The summed E-state index contributed by atoms with van der Waals surface area (Å²) in [5.74, 6) is 0.663. The maximum atomic E-state index is 11.3. The van der Waals surface area contributed by atoms with Crippen molar-refractivity contribution in [3.05, 3.63) is 0 Å². The molecule has 1 saturated heterocycles. The van der Waals surface area contributed by atoms with E-state index in [9.17, 15) is 4.79 Å². The van der Waals surface area contributed by atoms with E-state index in [2.05, 4.69) is 31.4 Å². The molecule has 0 aromatic heterocycles. The van der Waals surface area contributed by atoms with Crippen LogP contribution in [0.15, 0.2) is 0 Å². The fraction of sp³-hybridized carbons (Fsp3) is 0.909. The molecular weight excluding hydrogens is 176 g/mol. The molecule has 0 aromatic carbocycles. The third kappa shape index (κ3) is 0.665. The van der Waals surface area contributed by atoms with E-state index < -0.39 is 0 Å². The minimum atomic E-state index is 0.0358. The normalized spacial score (nSPS) is 52.8. The van der Waals surface area contributed by atoms with Gasteiger partial charge in [0.05, 0.1) is 12.1 Å². The van der Waals surface area contributed by atoms with Crippen LogP contribution >= 0.6 is 0 Å². The molecule has 3 aliphatic rings. The molecule has 3 fully saturated rings. The van der Waals surface area contributed by atoms with Crippen LogP contribution in [-0.4, -0.2) is 18.1 Å². The van der Waals surface area contributed by atoms with Gasteiger partial charge in [-0.05, 0) is 29.6 Å². The molecule has 2 aliphatic carbocycles. The molecule has 2 saturated carbocycles. The average Bonchev–Trinajstić information content (AvgIpc) is 2.59. The van der Waals surface area contributed by atoms with Crippen LogP contribution in [0.25, 0.3) is 0 Å². The summed E-state index contributed by atoms with van der Waals surface area (Å²) < 4.78 is 0. The smallest absolute Gasteiger partial charge is 0.315 e. The van der Waals surface area contributed by atoms with E-state index in [-0.39, 0.29) is 6.03 Å². The summed E-state index contributed by atoms with van der Waals surface area (Å²) in [5.41, 5.74) is 0.657. The maximum absolute atomic E-state index is 11.3. The van der Waals surface area contributed by atoms with Gasteiger partial charge in [0.1, 0.15) is 0 Å². The lowest BCUT2D eigenvalue weighted by Crippen LogP contribution is -2.45. The summed E-state index contributed by atoms with van der Waals surface area (Å²) in [7, 11) is 0. The summed E-state index contributed by atoms with van der Waals surface area (Å²) >= 11 is 0. The van der Waals surface area contributed by atoms with Crippen molar-refractivity contribution in [3.63, 3.8) is 0 Å². The highest BCUT2D eigenvalue weighted by Crippen LogP contribution is 2.65. The van der Waals surface area contributed by atoms with Gasteiger partial charge in [0.2, 0.25) is 0 Å². The molecule has 0 spiro atoms. The van der Waals surface area contributed by atoms with E-state index >= 15 is 0 Å². The first-order valence-corrected chi connectivity index (χ1v) is 5.54. The third-order valence-electron chi connectivity index (χ3n) is 5.44. The number of fused-ring (bicyclic) bond motifs is 5. The number of hydrogen-bond donors (Lipinski definition) is 2. The summed E-state index contributed by atoms with van der Waals surface area (Å²) in [5, 5.41) is 6.17. The second-order valence-electron chi connectivity index (χ2n) is 5.91. The largest absolute Gasteiger partial charge is 0.333 e. The van der Waals surface area contributed by atoms with Gasteiger partial charge in [-0.25, -0.2) is 4.79 Å². The van der Waals surface area contributed by atoms with Gasteiger partial charge in [0.25, 0.3) is 0 Å². The molecule has 4 atom stereocenters. The van der Waals surface area contributed by atoms with Crippen molar-refractivity contribution >= 4 is 6.03 Å². The van der Waals surface area contributed by atoms with Crippen molar-refractivity contribution in [2.75, 3.05) is 0 Å². The first kappa shape index (κ1) is 8.57. The van der Waals surface area contributed by atoms with E-state index in [1.807, 2.05) is 0 Å². The Morgan fingerprint density at radius 2 is 2.00 bits per heavy atom. The predicted molar refractivity (Wildman–Crippen MR) is 53.9 cm³/mol. The van der Waals surface area contributed by atoms with Crippen LogP contribution in [-0.2, 0) is 0 Å². The van der Waals surface area contributed by atoms with Crippen molar-refractivity contribution in [2.45, 2.75) is 45.7 Å². The Hall–Kier alpha value is -0.730. The number of amides is 2. The lowest BCUT2D eigenvalue weighted by molar-refractivity contribution is 0.126. The number of urea groups is 1. The van der Waals surface area contributed by atoms with Gasteiger partial charge in [-0.1, -0.05) is 20.8 Å². The number of nitrogens with one attached hydrogen (secondary N) is 2. The average molecular weight is 194 g/mol. The zero-order valence-electron chi connectivity index (χ0n) is 9.05. The fourth-order valence-electron chi connectivity index (χ4n) is 4.14. The SMILES string of the molecule is CC1(C)[C@H]2CC[C@@]1(C)[C@H]1NC(=O)N[C@@H]21. The first-order valence-electron chi connectivity index (χ1n) is 5.54. The Bertz CT molecular complexity index is 312. The van der Waals surface area contributed by atoms with Crippen molar-refractivity contribution in [2.24, 2.45) is 16.7 Å². The maximum Gasteiger partial charge on any atom is 0.315 e. The molecule has 1 aliphatic heterocycles. The lowest BCUT2D eigenvalue weighted by Gasteiger charge is -2.38. The quantitative estimate of drug-likeness (QED) is 0.602. The minimum absolute atomic E-state index is 0.0358. The van der Waals surface area contributed by atoms with Gasteiger partial charge < -0.3 is 10.6 Å². The highest BCUT2D eigenvalue weighted by atomic mass is 16.2. The zero-order valence-corrected chi connectivity index (χ0v) is 9.05. The number of hydrogen-bond acceptors (Lipinski definition) is 1. The summed E-state index contributed by atoms with van der Waals surface area (Å²) in [6.45, 7) is 7.05. The van der Waals surface area contributed by atoms with Crippen LogP contribution in [0.4, 0.5) is 4.79 Å². The highest BCUT2D eigenvalue weighted by Gasteiger charge is 2.68. The zero-order chi connectivity index (χ0) is 10.1. The van der Waals surface area contributed by atoms with E-state index in [0.717, 1.165) is 0 Å². The second-order valence-corrected chi connectivity index (χ2v) is 5.91. The summed E-state index contributed by atoms with van der Waals surface area (Å²) in [4.78, 5) is 11.3. The van der Waals surface area contributed by atoms with Crippen molar-refractivity contribution in [3.8, 4) is 0 Å². The Labute approximate surface area is 84.6 Å². The monoisotopic (exact) mass is 194 g/mol. The van der Waals surface area contributed by atoms with E-state index in [4.69, 9.17) is 0 Å². The number of rotatable bonds is 0. The van der Waals surface area contributed by atoms with Gasteiger partial charge in [0, 0.05) is 0 Å². The van der Waals surface area contributed by atoms with Gasteiger partial charge in [-0.3, -0.25) is 0 Å². The molecule has 3 rings (SSSR count). The lowest BCUT2D eigenvalue weighted by atomic mass is 9.69. The molecule has 3 nitrogen and oxygen atoms in total. The van der Waals surface area contributed by atoms with Crippen LogP contribution < -0.4 is 10.6 Å². The third-order valence-corrected chi connectivity index (χ3v) is 5.44. The Kier molecular flexibility index (Phi) is 1.28. The molecule has 3 heteroatoms. The molecular formula is C11H18N2O. The van der Waals surface area contributed by atoms with Gasteiger partial charge in [-0.15, -0.1) is 0 Å². The van der Waals surface area contributed by atoms with Gasteiger partial charge >= 0.3 is 6.03 Å².